The number of likely N-dealkylation sites (tertiary alicyclic amines) is 1. The number of carbonyl (C=O) groups excluding carboxylic acids is 1. The summed E-state index contributed by atoms with van der Waals surface area (Å²) in [6, 6.07) is 10.2. The highest BCUT2D eigenvalue weighted by Gasteiger charge is 2.23. The fraction of sp³-hybridized carbons (Fsp3) is 0.368. The zero-order valence-corrected chi connectivity index (χ0v) is 13.5. The summed E-state index contributed by atoms with van der Waals surface area (Å²) in [5, 5.41) is 0. The van der Waals surface area contributed by atoms with Gasteiger partial charge in [-0.2, -0.15) is 0 Å². The van der Waals surface area contributed by atoms with Crippen molar-refractivity contribution < 1.29 is 4.79 Å². The van der Waals surface area contributed by atoms with Gasteiger partial charge in [0.25, 0.3) is 5.91 Å². The summed E-state index contributed by atoms with van der Waals surface area (Å²) in [5.41, 5.74) is 9.66. The van der Waals surface area contributed by atoms with Crippen molar-refractivity contribution >= 4 is 5.91 Å². The van der Waals surface area contributed by atoms with Gasteiger partial charge in [-0.15, -0.1) is 0 Å². The van der Waals surface area contributed by atoms with Crippen molar-refractivity contribution in [2.24, 2.45) is 11.7 Å². The lowest BCUT2D eigenvalue weighted by Crippen LogP contribution is -2.40. The summed E-state index contributed by atoms with van der Waals surface area (Å²) in [6.07, 6.45) is 5.46. The van der Waals surface area contributed by atoms with Crippen LogP contribution in [0.5, 0.6) is 0 Å². The molecule has 23 heavy (non-hydrogen) atoms. The molecule has 1 saturated heterocycles. The molecule has 4 nitrogen and oxygen atoms in total. The number of benzene rings is 1. The molecule has 1 amide bonds. The Hall–Kier alpha value is -2.20. The molecule has 1 aliphatic heterocycles. The quantitative estimate of drug-likeness (QED) is 0.948. The van der Waals surface area contributed by atoms with Crippen LogP contribution in [0, 0.1) is 12.8 Å². The topological polar surface area (TPSA) is 59.2 Å². The van der Waals surface area contributed by atoms with E-state index >= 15 is 0 Å². The first-order valence-corrected chi connectivity index (χ1v) is 8.19. The molecule has 3 rings (SSSR count). The van der Waals surface area contributed by atoms with Gasteiger partial charge in [-0.25, -0.2) is 0 Å². The second-order valence-electron chi connectivity index (χ2n) is 6.30. The summed E-state index contributed by atoms with van der Waals surface area (Å²) in [4.78, 5) is 18.9. The van der Waals surface area contributed by atoms with E-state index in [0.29, 0.717) is 18.0 Å². The second kappa shape index (κ2) is 6.92. The normalized spacial score (nSPS) is 15.7. The lowest BCUT2D eigenvalue weighted by molar-refractivity contribution is 0.0693. The number of nitrogens with two attached hydrogens (primary N) is 1. The maximum atomic E-state index is 12.7. The number of hydrogen-bond donors (Lipinski definition) is 1. The van der Waals surface area contributed by atoms with E-state index in [9.17, 15) is 4.79 Å². The van der Waals surface area contributed by atoms with Gasteiger partial charge in [0.1, 0.15) is 0 Å². The molecule has 1 aromatic carbocycles. The highest BCUT2D eigenvalue weighted by molar-refractivity contribution is 5.95. The number of aryl methyl sites for hydroxylation is 1. The number of pyridine rings is 1. The largest absolute Gasteiger partial charge is 0.339 e. The van der Waals surface area contributed by atoms with Crippen LogP contribution in [-0.2, 0) is 0 Å². The molecule has 0 aliphatic carbocycles. The van der Waals surface area contributed by atoms with Gasteiger partial charge >= 0.3 is 0 Å². The van der Waals surface area contributed by atoms with Crippen molar-refractivity contribution in [3.05, 3.63) is 53.9 Å². The van der Waals surface area contributed by atoms with Crippen molar-refractivity contribution in [2.75, 3.05) is 19.6 Å². The van der Waals surface area contributed by atoms with Crippen molar-refractivity contribution in [2.45, 2.75) is 19.8 Å². The van der Waals surface area contributed by atoms with Crippen molar-refractivity contribution in [3.8, 4) is 11.1 Å². The van der Waals surface area contributed by atoms with Crippen LogP contribution in [0.2, 0.25) is 0 Å². The van der Waals surface area contributed by atoms with Crippen LogP contribution >= 0.6 is 0 Å². The van der Waals surface area contributed by atoms with Crippen molar-refractivity contribution in [1.29, 1.82) is 0 Å². The van der Waals surface area contributed by atoms with Gasteiger partial charge in [-0.1, -0.05) is 29.8 Å². The van der Waals surface area contributed by atoms with E-state index < -0.39 is 0 Å². The van der Waals surface area contributed by atoms with Crippen LogP contribution < -0.4 is 5.73 Å². The van der Waals surface area contributed by atoms with Crippen LogP contribution in [0.25, 0.3) is 11.1 Å². The highest BCUT2D eigenvalue weighted by atomic mass is 16.2. The van der Waals surface area contributed by atoms with Gasteiger partial charge < -0.3 is 10.6 Å². The Kier molecular flexibility index (Phi) is 4.72. The third-order valence-electron chi connectivity index (χ3n) is 4.61. The van der Waals surface area contributed by atoms with Crippen LogP contribution in [0.3, 0.4) is 0 Å². The van der Waals surface area contributed by atoms with E-state index in [1.54, 1.807) is 6.20 Å². The molecule has 0 saturated carbocycles. The Labute approximate surface area is 137 Å². The number of carbonyl (C=O) groups is 1. The van der Waals surface area contributed by atoms with Gasteiger partial charge in [-0.3, -0.25) is 9.78 Å². The third-order valence-corrected chi connectivity index (χ3v) is 4.61. The Morgan fingerprint density at radius 1 is 1.17 bits per heavy atom. The summed E-state index contributed by atoms with van der Waals surface area (Å²) in [5.74, 6) is 0.623. The molecule has 1 aromatic heterocycles. The molecule has 0 unspecified atom stereocenters. The molecule has 2 heterocycles. The van der Waals surface area contributed by atoms with Gasteiger partial charge in [0.05, 0.1) is 5.56 Å². The van der Waals surface area contributed by atoms with Gasteiger partial charge in [0.2, 0.25) is 0 Å². The van der Waals surface area contributed by atoms with Crippen LogP contribution in [0.15, 0.2) is 42.7 Å². The van der Waals surface area contributed by atoms with Crippen LogP contribution in [0.4, 0.5) is 0 Å². The zero-order valence-electron chi connectivity index (χ0n) is 13.5. The molecule has 0 radical (unpaired) electrons. The molecule has 1 fully saturated rings. The van der Waals surface area contributed by atoms with E-state index in [1.165, 1.54) is 5.56 Å². The molecule has 2 N–H and O–H groups in total. The number of amides is 1. The van der Waals surface area contributed by atoms with E-state index in [4.69, 9.17) is 5.73 Å². The Balaban J connectivity index is 1.77. The van der Waals surface area contributed by atoms with Crippen LogP contribution in [-0.4, -0.2) is 35.4 Å². The first-order valence-electron chi connectivity index (χ1n) is 8.19. The molecule has 0 bridgehead atoms. The summed E-state index contributed by atoms with van der Waals surface area (Å²) in [6.45, 7) is 4.35. The Morgan fingerprint density at radius 3 is 2.52 bits per heavy atom. The lowest BCUT2D eigenvalue weighted by atomic mass is 9.96. The summed E-state index contributed by atoms with van der Waals surface area (Å²) in [7, 11) is 0. The molecule has 2 aromatic rings. The Morgan fingerprint density at radius 2 is 1.87 bits per heavy atom. The number of piperidine rings is 1. The molecule has 4 heteroatoms. The number of hydrogen-bond acceptors (Lipinski definition) is 3. The maximum absolute atomic E-state index is 12.7. The lowest BCUT2D eigenvalue weighted by Gasteiger charge is -2.31. The van der Waals surface area contributed by atoms with Crippen LogP contribution in [0.1, 0.15) is 28.8 Å². The minimum Gasteiger partial charge on any atom is -0.339 e. The predicted molar refractivity (Wildman–Crippen MR) is 92.1 cm³/mol. The molecular formula is C19H23N3O. The molecular weight excluding hydrogens is 286 g/mol. The number of rotatable bonds is 3. The SMILES string of the molecule is Cc1ccc(-c2cncc(C(=O)N3CCC(CN)CC3)c2)cc1. The average Bonchev–Trinajstić information content (AvgIpc) is 2.62. The number of nitrogens with zero attached hydrogens (tertiary/aromatic N) is 2. The highest BCUT2D eigenvalue weighted by Crippen LogP contribution is 2.22. The second-order valence-corrected chi connectivity index (χ2v) is 6.30. The zero-order chi connectivity index (χ0) is 16.2. The fourth-order valence-corrected chi connectivity index (χ4v) is 3.02. The van der Waals surface area contributed by atoms with Gasteiger partial charge in [-0.05, 0) is 43.9 Å². The standard InChI is InChI=1S/C19H23N3O/c1-14-2-4-16(5-3-14)17-10-18(13-21-12-17)19(23)22-8-6-15(11-20)7-9-22/h2-5,10,12-13,15H,6-9,11,20H2,1H3. The predicted octanol–water partition coefficient (Wildman–Crippen LogP) is 2.87. The summed E-state index contributed by atoms with van der Waals surface area (Å²) >= 11 is 0. The van der Waals surface area contributed by atoms with E-state index in [0.717, 1.165) is 37.1 Å². The van der Waals surface area contributed by atoms with Crippen molar-refractivity contribution in [1.82, 2.24) is 9.88 Å². The van der Waals surface area contributed by atoms with E-state index in [2.05, 4.69) is 36.2 Å². The van der Waals surface area contributed by atoms with Crippen molar-refractivity contribution in [3.63, 3.8) is 0 Å². The Bertz CT molecular complexity index is 673. The van der Waals surface area contributed by atoms with E-state index in [-0.39, 0.29) is 5.91 Å². The van der Waals surface area contributed by atoms with E-state index in [1.807, 2.05) is 17.2 Å². The monoisotopic (exact) mass is 309 g/mol. The minimum atomic E-state index is 0.0712. The number of aromatic nitrogens is 1. The fourth-order valence-electron chi connectivity index (χ4n) is 3.02. The molecule has 0 atom stereocenters. The smallest absolute Gasteiger partial charge is 0.255 e. The molecule has 120 valence electrons. The molecule has 1 aliphatic rings. The first kappa shape index (κ1) is 15.7. The maximum Gasteiger partial charge on any atom is 0.255 e. The molecule has 0 spiro atoms. The van der Waals surface area contributed by atoms with Gasteiger partial charge in [0, 0.05) is 31.0 Å². The third kappa shape index (κ3) is 3.59. The minimum absolute atomic E-state index is 0.0712. The first-order chi connectivity index (χ1) is 11.2. The van der Waals surface area contributed by atoms with Gasteiger partial charge in [0.15, 0.2) is 0 Å². The summed E-state index contributed by atoms with van der Waals surface area (Å²) < 4.78 is 0. The average molecular weight is 309 g/mol.